The second-order valence-corrected chi connectivity index (χ2v) is 3.82. The van der Waals surface area contributed by atoms with Gasteiger partial charge in [-0.2, -0.15) is 0 Å². The van der Waals surface area contributed by atoms with Gasteiger partial charge in [-0.1, -0.05) is 30.3 Å². The minimum Gasteiger partial charge on any atom is -0.370 e. The highest BCUT2D eigenvalue weighted by Gasteiger charge is 2.24. The van der Waals surface area contributed by atoms with Crippen molar-refractivity contribution in [1.82, 2.24) is 0 Å². The molecule has 0 aliphatic carbocycles. The minimum absolute atomic E-state index is 0.00435. The van der Waals surface area contributed by atoms with Gasteiger partial charge in [-0.05, 0) is 12.5 Å². The summed E-state index contributed by atoms with van der Waals surface area (Å²) in [6.45, 7) is 1.61. The molecule has 1 rings (SSSR count). The van der Waals surface area contributed by atoms with Crippen molar-refractivity contribution >= 4 is 11.7 Å². The summed E-state index contributed by atoms with van der Waals surface area (Å²) in [5.74, 6) is -1.19. The average molecular weight is 220 g/mol. The third kappa shape index (κ3) is 3.17. The average Bonchev–Trinajstić information content (AvgIpc) is 2.26. The fraction of sp³-hybridized carbons (Fsp3) is 0.333. The zero-order valence-electron chi connectivity index (χ0n) is 9.22. The largest absolute Gasteiger partial charge is 0.370 e. The fourth-order valence-corrected chi connectivity index (χ4v) is 1.59. The fourth-order valence-electron chi connectivity index (χ4n) is 1.59. The maximum atomic E-state index is 11.8. The number of nitrogens with two attached hydrogens (primary N) is 2. The Morgan fingerprint density at radius 2 is 1.81 bits per heavy atom. The Bertz CT molecular complexity index is 374. The van der Waals surface area contributed by atoms with Crippen molar-refractivity contribution in [3.8, 4) is 0 Å². The van der Waals surface area contributed by atoms with E-state index in [-0.39, 0.29) is 12.2 Å². The number of hydrogen-bond acceptors (Lipinski definition) is 3. The summed E-state index contributed by atoms with van der Waals surface area (Å²) in [5.41, 5.74) is 11.5. The lowest BCUT2D eigenvalue weighted by Gasteiger charge is -2.16. The van der Waals surface area contributed by atoms with Crippen molar-refractivity contribution in [2.45, 2.75) is 25.3 Å². The van der Waals surface area contributed by atoms with Gasteiger partial charge in [0.1, 0.15) is 0 Å². The van der Waals surface area contributed by atoms with Crippen LogP contribution in [0.2, 0.25) is 0 Å². The molecule has 0 aliphatic rings. The summed E-state index contributed by atoms with van der Waals surface area (Å²) < 4.78 is 0. The molecule has 0 heterocycles. The Hall–Kier alpha value is -1.68. The van der Waals surface area contributed by atoms with E-state index in [4.69, 9.17) is 11.5 Å². The summed E-state index contributed by atoms with van der Waals surface area (Å²) in [5, 5.41) is 0. The van der Waals surface area contributed by atoms with E-state index in [9.17, 15) is 9.59 Å². The standard InChI is InChI=1S/C12H16N2O2/c1-8(13)12(16)10(7-11(14)15)9-5-3-2-4-6-9/h2-6,8,10H,7,13H2,1H3,(H2,14,15)/t8-,10?/m1/s1. The van der Waals surface area contributed by atoms with Crippen molar-refractivity contribution in [3.05, 3.63) is 35.9 Å². The van der Waals surface area contributed by atoms with Gasteiger partial charge in [0, 0.05) is 6.42 Å². The van der Waals surface area contributed by atoms with Gasteiger partial charge in [-0.3, -0.25) is 9.59 Å². The van der Waals surface area contributed by atoms with Crippen molar-refractivity contribution in [3.63, 3.8) is 0 Å². The third-order valence-corrected chi connectivity index (χ3v) is 2.40. The Kier molecular flexibility index (Phi) is 4.19. The third-order valence-electron chi connectivity index (χ3n) is 2.40. The first-order chi connectivity index (χ1) is 7.52. The van der Waals surface area contributed by atoms with Crippen molar-refractivity contribution in [2.75, 3.05) is 0 Å². The molecule has 16 heavy (non-hydrogen) atoms. The van der Waals surface area contributed by atoms with E-state index in [0.29, 0.717) is 0 Å². The van der Waals surface area contributed by atoms with E-state index < -0.39 is 17.9 Å². The van der Waals surface area contributed by atoms with Crippen molar-refractivity contribution in [1.29, 1.82) is 0 Å². The molecule has 86 valence electrons. The molecule has 0 radical (unpaired) electrons. The van der Waals surface area contributed by atoms with Crippen LogP contribution in [-0.2, 0) is 9.59 Å². The van der Waals surface area contributed by atoms with Gasteiger partial charge < -0.3 is 11.5 Å². The topological polar surface area (TPSA) is 86.2 Å². The maximum absolute atomic E-state index is 11.8. The van der Waals surface area contributed by atoms with Gasteiger partial charge in [-0.25, -0.2) is 0 Å². The first kappa shape index (κ1) is 12.4. The van der Waals surface area contributed by atoms with Crippen LogP contribution in [0.1, 0.15) is 24.8 Å². The van der Waals surface area contributed by atoms with Crippen LogP contribution in [0, 0.1) is 0 Å². The Morgan fingerprint density at radius 1 is 1.25 bits per heavy atom. The molecule has 1 amide bonds. The summed E-state index contributed by atoms with van der Waals surface area (Å²) in [4.78, 5) is 22.8. The Balaban J connectivity index is 2.96. The molecule has 0 saturated heterocycles. The number of amides is 1. The quantitative estimate of drug-likeness (QED) is 0.760. The molecule has 1 aromatic rings. The molecule has 4 heteroatoms. The van der Waals surface area contributed by atoms with E-state index in [2.05, 4.69) is 0 Å². The molecule has 4 nitrogen and oxygen atoms in total. The molecule has 0 fully saturated rings. The smallest absolute Gasteiger partial charge is 0.218 e. The Labute approximate surface area is 94.6 Å². The van der Waals surface area contributed by atoms with Crippen LogP contribution in [0.15, 0.2) is 30.3 Å². The van der Waals surface area contributed by atoms with Crippen molar-refractivity contribution in [2.24, 2.45) is 11.5 Å². The maximum Gasteiger partial charge on any atom is 0.218 e. The summed E-state index contributed by atoms with van der Waals surface area (Å²) >= 11 is 0. The second kappa shape index (κ2) is 5.42. The monoisotopic (exact) mass is 220 g/mol. The van der Waals surface area contributed by atoms with Gasteiger partial charge >= 0.3 is 0 Å². The van der Waals surface area contributed by atoms with Gasteiger partial charge in [0.25, 0.3) is 0 Å². The van der Waals surface area contributed by atoms with Gasteiger partial charge in [0.15, 0.2) is 5.78 Å². The molecular weight excluding hydrogens is 204 g/mol. The zero-order valence-corrected chi connectivity index (χ0v) is 9.22. The SMILES string of the molecule is C[C@@H](N)C(=O)C(CC(N)=O)c1ccccc1. The summed E-state index contributed by atoms with van der Waals surface area (Å²) in [6, 6.07) is 8.49. The summed E-state index contributed by atoms with van der Waals surface area (Å²) in [6.07, 6.45) is 0.00435. The highest BCUT2D eigenvalue weighted by molar-refractivity contribution is 5.93. The number of carbonyl (C=O) groups excluding carboxylic acids is 2. The summed E-state index contributed by atoms with van der Waals surface area (Å²) in [7, 11) is 0. The number of primary amides is 1. The molecule has 0 aliphatic heterocycles. The highest BCUT2D eigenvalue weighted by Crippen LogP contribution is 2.21. The molecule has 0 bridgehead atoms. The minimum atomic E-state index is -0.593. The molecule has 1 aromatic carbocycles. The van der Waals surface area contributed by atoms with Gasteiger partial charge in [0.05, 0.1) is 12.0 Å². The molecule has 0 spiro atoms. The van der Waals surface area contributed by atoms with Crippen LogP contribution in [0.3, 0.4) is 0 Å². The zero-order chi connectivity index (χ0) is 12.1. The van der Waals surface area contributed by atoms with E-state index in [1.807, 2.05) is 18.2 Å². The molecule has 0 saturated carbocycles. The predicted molar refractivity (Wildman–Crippen MR) is 61.7 cm³/mol. The molecule has 4 N–H and O–H groups in total. The first-order valence-electron chi connectivity index (χ1n) is 5.15. The van der Waals surface area contributed by atoms with Crippen LogP contribution in [0.5, 0.6) is 0 Å². The molecule has 1 unspecified atom stereocenters. The number of benzene rings is 1. The van der Waals surface area contributed by atoms with E-state index in [0.717, 1.165) is 5.56 Å². The lowest BCUT2D eigenvalue weighted by Crippen LogP contribution is -2.33. The Morgan fingerprint density at radius 3 is 2.25 bits per heavy atom. The number of Topliss-reactive ketones (excluding diaryl/α,β-unsaturated/α-hetero) is 1. The molecule has 0 aromatic heterocycles. The number of rotatable bonds is 5. The first-order valence-corrected chi connectivity index (χ1v) is 5.15. The number of ketones is 1. The van der Waals surface area contributed by atoms with Crippen LogP contribution >= 0.6 is 0 Å². The van der Waals surface area contributed by atoms with Crippen molar-refractivity contribution < 1.29 is 9.59 Å². The van der Waals surface area contributed by atoms with E-state index >= 15 is 0 Å². The van der Waals surface area contributed by atoms with Gasteiger partial charge in [-0.15, -0.1) is 0 Å². The van der Waals surface area contributed by atoms with Crippen LogP contribution in [0.4, 0.5) is 0 Å². The van der Waals surface area contributed by atoms with Crippen LogP contribution < -0.4 is 11.5 Å². The normalized spacial score (nSPS) is 14.1. The number of hydrogen-bond donors (Lipinski definition) is 2. The van der Waals surface area contributed by atoms with Gasteiger partial charge in [0.2, 0.25) is 5.91 Å². The predicted octanol–water partition coefficient (Wildman–Crippen LogP) is 0.562. The second-order valence-electron chi connectivity index (χ2n) is 3.82. The molecular formula is C12H16N2O2. The van der Waals surface area contributed by atoms with Crippen LogP contribution in [-0.4, -0.2) is 17.7 Å². The van der Waals surface area contributed by atoms with E-state index in [1.54, 1.807) is 19.1 Å². The van der Waals surface area contributed by atoms with E-state index in [1.165, 1.54) is 0 Å². The number of carbonyl (C=O) groups is 2. The molecule has 2 atom stereocenters. The lowest BCUT2D eigenvalue weighted by atomic mass is 9.88. The van der Waals surface area contributed by atoms with Crippen LogP contribution in [0.25, 0.3) is 0 Å². The lowest BCUT2D eigenvalue weighted by molar-refractivity contribution is -0.125. The highest BCUT2D eigenvalue weighted by atomic mass is 16.1.